The molecule has 0 aliphatic carbocycles. The van der Waals surface area contributed by atoms with E-state index in [1.165, 1.54) is 4.68 Å². The smallest absolute Gasteiger partial charge is 0.311 e. The molecule has 1 aliphatic rings. The average Bonchev–Trinajstić information content (AvgIpc) is 2.65. The highest BCUT2D eigenvalue weighted by molar-refractivity contribution is 5.12. The van der Waals surface area contributed by atoms with E-state index in [1.807, 2.05) is 0 Å². The highest BCUT2D eigenvalue weighted by Crippen LogP contribution is 2.32. The molecule has 1 aromatic rings. The minimum Gasteiger partial charge on any atom is -0.342 e. The van der Waals surface area contributed by atoms with Crippen LogP contribution in [-0.2, 0) is 22.1 Å². The van der Waals surface area contributed by atoms with Gasteiger partial charge in [-0.15, -0.1) is 0 Å². The van der Waals surface area contributed by atoms with Gasteiger partial charge < -0.3 is 9.47 Å². The summed E-state index contributed by atoms with van der Waals surface area (Å²) in [6, 6.07) is 1.62. The SMILES string of the molecule is Cn1ccc(C2([N+](=O)[O-])COC(C)(C)OC2)n1. The van der Waals surface area contributed by atoms with Gasteiger partial charge >= 0.3 is 5.54 Å². The molecule has 0 spiro atoms. The zero-order valence-electron chi connectivity index (χ0n) is 10.0. The van der Waals surface area contributed by atoms with Crippen molar-refractivity contribution < 1.29 is 14.4 Å². The van der Waals surface area contributed by atoms with E-state index in [1.54, 1.807) is 33.2 Å². The maximum Gasteiger partial charge on any atom is 0.311 e. The van der Waals surface area contributed by atoms with E-state index in [9.17, 15) is 10.1 Å². The second-order valence-corrected chi connectivity index (χ2v) is 4.64. The Bertz CT molecular complexity index is 431. The van der Waals surface area contributed by atoms with Crippen LogP contribution in [0.5, 0.6) is 0 Å². The maximum atomic E-state index is 11.3. The lowest BCUT2D eigenvalue weighted by molar-refractivity contribution is -0.606. The minimum atomic E-state index is -1.41. The predicted octanol–water partition coefficient (Wildman–Crippen LogP) is 0.675. The first-order valence-corrected chi connectivity index (χ1v) is 5.28. The molecule has 17 heavy (non-hydrogen) atoms. The zero-order chi connectivity index (χ0) is 12.7. The normalized spacial score (nSPS) is 22.3. The Hall–Kier alpha value is -1.47. The zero-order valence-corrected chi connectivity index (χ0v) is 10.0. The second kappa shape index (κ2) is 3.78. The number of aromatic nitrogens is 2. The Kier molecular flexibility index (Phi) is 2.67. The molecule has 2 rings (SSSR count). The first-order chi connectivity index (χ1) is 7.86. The van der Waals surface area contributed by atoms with E-state index in [4.69, 9.17) is 9.47 Å². The molecule has 0 saturated carbocycles. The first-order valence-electron chi connectivity index (χ1n) is 5.28. The molecule has 0 aromatic carbocycles. The summed E-state index contributed by atoms with van der Waals surface area (Å²) in [6.45, 7) is 3.39. The van der Waals surface area contributed by atoms with Crippen molar-refractivity contribution in [1.29, 1.82) is 0 Å². The number of ether oxygens (including phenoxy) is 2. The number of hydrogen-bond donors (Lipinski definition) is 0. The molecule has 0 N–H and O–H groups in total. The van der Waals surface area contributed by atoms with Gasteiger partial charge in [0.05, 0.1) is 0 Å². The van der Waals surface area contributed by atoms with Crippen molar-refractivity contribution in [1.82, 2.24) is 9.78 Å². The van der Waals surface area contributed by atoms with E-state index >= 15 is 0 Å². The Labute approximate surface area is 98.5 Å². The highest BCUT2D eigenvalue weighted by atomic mass is 16.7. The number of aryl methyl sites for hydroxylation is 1. The number of rotatable bonds is 2. The van der Waals surface area contributed by atoms with E-state index in [2.05, 4.69) is 5.10 Å². The fourth-order valence-electron chi connectivity index (χ4n) is 1.68. The highest BCUT2D eigenvalue weighted by Gasteiger charge is 2.53. The van der Waals surface area contributed by atoms with Crippen LogP contribution < -0.4 is 0 Å². The maximum absolute atomic E-state index is 11.3. The lowest BCUT2D eigenvalue weighted by Crippen LogP contribution is -2.53. The molecule has 7 heteroatoms. The lowest BCUT2D eigenvalue weighted by atomic mass is 9.97. The molecule has 1 aromatic heterocycles. The summed E-state index contributed by atoms with van der Waals surface area (Å²) in [4.78, 5) is 10.9. The molecule has 1 aliphatic heterocycles. The molecule has 7 nitrogen and oxygen atoms in total. The molecule has 0 amide bonds. The molecular formula is C10H15N3O4. The van der Waals surface area contributed by atoms with Crippen LogP contribution in [0, 0.1) is 10.1 Å². The molecule has 1 saturated heterocycles. The summed E-state index contributed by atoms with van der Waals surface area (Å²) < 4.78 is 12.3. The molecule has 0 unspecified atom stereocenters. The van der Waals surface area contributed by atoms with Crippen molar-refractivity contribution in [3.8, 4) is 0 Å². The summed E-state index contributed by atoms with van der Waals surface area (Å²) in [6.07, 6.45) is 1.67. The Morgan fingerprint density at radius 1 is 1.47 bits per heavy atom. The third-order valence-corrected chi connectivity index (χ3v) is 2.86. The van der Waals surface area contributed by atoms with Crippen molar-refractivity contribution in [3.05, 3.63) is 28.1 Å². The van der Waals surface area contributed by atoms with Gasteiger partial charge in [-0.05, 0) is 19.9 Å². The van der Waals surface area contributed by atoms with Gasteiger partial charge in [-0.3, -0.25) is 14.8 Å². The van der Waals surface area contributed by atoms with E-state index in [-0.39, 0.29) is 18.1 Å². The van der Waals surface area contributed by atoms with Crippen molar-refractivity contribution >= 4 is 0 Å². The lowest BCUT2D eigenvalue weighted by Gasteiger charge is -2.36. The largest absolute Gasteiger partial charge is 0.342 e. The van der Waals surface area contributed by atoms with Crippen molar-refractivity contribution in [2.45, 2.75) is 25.2 Å². The summed E-state index contributed by atoms with van der Waals surface area (Å²) in [7, 11) is 1.71. The van der Waals surface area contributed by atoms with Crippen LogP contribution in [0.4, 0.5) is 0 Å². The summed E-state index contributed by atoms with van der Waals surface area (Å²) in [5, 5.41) is 15.4. The van der Waals surface area contributed by atoms with E-state index < -0.39 is 11.3 Å². The number of nitro groups is 1. The topological polar surface area (TPSA) is 79.4 Å². The van der Waals surface area contributed by atoms with Crippen molar-refractivity contribution in [2.24, 2.45) is 7.05 Å². The van der Waals surface area contributed by atoms with Crippen LogP contribution >= 0.6 is 0 Å². The van der Waals surface area contributed by atoms with Gasteiger partial charge in [-0.2, -0.15) is 5.10 Å². The Morgan fingerprint density at radius 2 is 2.06 bits per heavy atom. The fraction of sp³-hybridized carbons (Fsp3) is 0.700. The fourth-order valence-corrected chi connectivity index (χ4v) is 1.68. The van der Waals surface area contributed by atoms with E-state index in [0.29, 0.717) is 5.69 Å². The van der Waals surface area contributed by atoms with E-state index in [0.717, 1.165) is 0 Å². The third kappa shape index (κ3) is 2.03. The molecule has 94 valence electrons. The van der Waals surface area contributed by atoms with Crippen LogP contribution in [0.2, 0.25) is 0 Å². The van der Waals surface area contributed by atoms with Gasteiger partial charge in [0.15, 0.2) is 5.79 Å². The van der Waals surface area contributed by atoms with Gasteiger partial charge in [-0.1, -0.05) is 0 Å². The van der Waals surface area contributed by atoms with Gasteiger partial charge in [0, 0.05) is 18.2 Å². The van der Waals surface area contributed by atoms with Crippen LogP contribution in [0.15, 0.2) is 12.3 Å². The van der Waals surface area contributed by atoms with Crippen LogP contribution in [0.1, 0.15) is 19.5 Å². The molecule has 1 fully saturated rings. The quantitative estimate of drug-likeness (QED) is 0.561. The summed E-state index contributed by atoms with van der Waals surface area (Å²) >= 11 is 0. The summed E-state index contributed by atoms with van der Waals surface area (Å²) in [5.74, 6) is -0.783. The van der Waals surface area contributed by atoms with Gasteiger partial charge in [0.2, 0.25) is 0 Å². The molecular weight excluding hydrogens is 226 g/mol. The standard InChI is InChI=1S/C10H15N3O4/c1-9(2)16-6-10(7-17-9,13(14)15)8-4-5-12(3)11-8/h4-5H,6-7H2,1-3H3. The first kappa shape index (κ1) is 12.0. The van der Waals surface area contributed by atoms with Gasteiger partial charge in [-0.25, -0.2) is 0 Å². The molecule has 0 bridgehead atoms. The van der Waals surface area contributed by atoms with Crippen LogP contribution in [0.25, 0.3) is 0 Å². The monoisotopic (exact) mass is 241 g/mol. The van der Waals surface area contributed by atoms with Crippen LogP contribution in [0.3, 0.4) is 0 Å². The summed E-state index contributed by atoms with van der Waals surface area (Å²) in [5.41, 5.74) is -1.04. The van der Waals surface area contributed by atoms with Gasteiger partial charge in [0.1, 0.15) is 18.9 Å². The third-order valence-electron chi connectivity index (χ3n) is 2.86. The van der Waals surface area contributed by atoms with Gasteiger partial charge in [0.25, 0.3) is 0 Å². The molecule has 0 radical (unpaired) electrons. The minimum absolute atomic E-state index is 0.0377. The van der Waals surface area contributed by atoms with Crippen LogP contribution in [-0.4, -0.2) is 33.7 Å². The number of hydrogen-bond acceptors (Lipinski definition) is 5. The second-order valence-electron chi connectivity index (χ2n) is 4.64. The predicted molar refractivity (Wildman–Crippen MR) is 57.9 cm³/mol. The van der Waals surface area contributed by atoms with Crippen molar-refractivity contribution in [3.63, 3.8) is 0 Å². The molecule has 2 heterocycles. The molecule has 0 atom stereocenters. The average molecular weight is 241 g/mol. The Balaban J connectivity index is 2.33. The number of nitrogens with zero attached hydrogens (tertiary/aromatic N) is 3. The Morgan fingerprint density at radius 3 is 2.47 bits per heavy atom. The van der Waals surface area contributed by atoms with Crippen molar-refractivity contribution in [2.75, 3.05) is 13.2 Å².